The number of amides is 1. The highest BCUT2D eigenvalue weighted by Gasteiger charge is 2.23. The molecule has 1 aromatic rings. The summed E-state index contributed by atoms with van der Waals surface area (Å²) in [5.74, 6) is 0. The Labute approximate surface area is 136 Å². The molecule has 0 saturated carbocycles. The van der Waals surface area contributed by atoms with Gasteiger partial charge >= 0.3 is 6.09 Å². The van der Waals surface area contributed by atoms with Crippen molar-refractivity contribution in [3.8, 4) is 0 Å². The highest BCUT2D eigenvalue weighted by atomic mass is 35.5. The zero-order valence-corrected chi connectivity index (χ0v) is 15.0. The predicted octanol–water partition coefficient (Wildman–Crippen LogP) is 4.14. The fraction of sp³-hybridized carbons (Fsp3) is 0.667. The number of halogens is 1. The van der Waals surface area contributed by atoms with Crippen molar-refractivity contribution in [3.63, 3.8) is 0 Å². The number of carbonyl (C=O) groups excluding carboxylic acids is 1. The molecule has 0 bridgehead atoms. The van der Waals surface area contributed by atoms with Gasteiger partial charge in [0.2, 0.25) is 0 Å². The first-order valence-corrected chi connectivity index (χ1v) is 8.38. The van der Waals surface area contributed by atoms with Crippen LogP contribution in [0.25, 0.3) is 0 Å². The number of rotatable bonds is 6. The van der Waals surface area contributed by atoms with Crippen molar-refractivity contribution in [2.45, 2.75) is 52.8 Å². The Morgan fingerprint density at radius 1 is 1.48 bits per heavy atom. The molecule has 120 valence electrons. The summed E-state index contributed by atoms with van der Waals surface area (Å²) < 4.78 is 5.42. The van der Waals surface area contributed by atoms with Gasteiger partial charge in [0.15, 0.2) is 0 Å². The summed E-state index contributed by atoms with van der Waals surface area (Å²) in [6.45, 7) is 11.7. The van der Waals surface area contributed by atoms with Crippen LogP contribution < -0.4 is 5.32 Å². The van der Waals surface area contributed by atoms with E-state index in [2.05, 4.69) is 5.32 Å². The van der Waals surface area contributed by atoms with Gasteiger partial charge in [-0.05, 0) is 40.7 Å². The second kappa shape index (κ2) is 8.01. The SMILES string of the molecule is CC(C)N(CCNCc1cc(Cl)cs1)C(=O)OC(C)(C)C. The highest BCUT2D eigenvalue weighted by Crippen LogP contribution is 2.18. The number of ether oxygens (including phenoxy) is 1. The maximum absolute atomic E-state index is 12.1. The second-order valence-corrected chi connectivity index (χ2v) is 7.61. The Bertz CT molecular complexity index is 455. The minimum absolute atomic E-state index is 0.109. The first kappa shape index (κ1) is 18.3. The average Bonchev–Trinajstić information content (AvgIpc) is 2.71. The molecule has 1 aromatic heterocycles. The minimum atomic E-state index is -0.467. The number of hydrogen-bond donors (Lipinski definition) is 1. The summed E-state index contributed by atoms with van der Waals surface area (Å²) in [5.41, 5.74) is -0.467. The van der Waals surface area contributed by atoms with Crippen LogP contribution in [0.4, 0.5) is 4.79 Å². The molecular weight excluding hydrogens is 308 g/mol. The lowest BCUT2D eigenvalue weighted by Gasteiger charge is -2.30. The highest BCUT2D eigenvalue weighted by molar-refractivity contribution is 7.10. The van der Waals surface area contributed by atoms with E-state index in [1.165, 1.54) is 4.88 Å². The molecule has 0 aromatic carbocycles. The van der Waals surface area contributed by atoms with Gasteiger partial charge in [0, 0.05) is 35.9 Å². The molecule has 1 amide bonds. The monoisotopic (exact) mass is 332 g/mol. The van der Waals surface area contributed by atoms with Crippen molar-refractivity contribution >= 4 is 29.0 Å². The van der Waals surface area contributed by atoms with Crippen LogP contribution in [0.15, 0.2) is 11.4 Å². The van der Waals surface area contributed by atoms with Crippen LogP contribution in [-0.2, 0) is 11.3 Å². The summed E-state index contributed by atoms with van der Waals surface area (Å²) in [7, 11) is 0. The van der Waals surface area contributed by atoms with Gasteiger partial charge in [-0.1, -0.05) is 11.6 Å². The summed E-state index contributed by atoms with van der Waals surface area (Å²) in [6, 6.07) is 2.06. The van der Waals surface area contributed by atoms with E-state index >= 15 is 0 Å². The van der Waals surface area contributed by atoms with Gasteiger partial charge in [-0.25, -0.2) is 4.79 Å². The molecule has 0 saturated heterocycles. The molecule has 0 unspecified atom stereocenters. The normalized spacial score (nSPS) is 11.8. The molecule has 6 heteroatoms. The third kappa shape index (κ3) is 7.16. The predicted molar refractivity (Wildman–Crippen MR) is 89.1 cm³/mol. The zero-order chi connectivity index (χ0) is 16.0. The Morgan fingerprint density at radius 3 is 2.62 bits per heavy atom. The van der Waals surface area contributed by atoms with Crippen molar-refractivity contribution in [1.29, 1.82) is 0 Å². The Kier molecular flexibility index (Phi) is 6.97. The smallest absolute Gasteiger partial charge is 0.410 e. The van der Waals surface area contributed by atoms with E-state index in [0.717, 1.165) is 11.6 Å². The molecule has 0 aliphatic rings. The van der Waals surface area contributed by atoms with Crippen LogP contribution in [-0.4, -0.2) is 35.7 Å². The lowest BCUT2D eigenvalue weighted by Crippen LogP contribution is -2.44. The topological polar surface area (TPSA) is 41.6 Å². The van der Waals surface area contributed by atoms with E-state index < -0.39 is 5.60 Å². The van der Waals surface area contributed by atoms with E-state index in [4.69, 9.17) is 16.3 Å². The Hall–Kier alpha value is -0.780. The maximum Gasteiger partial charge on any atom is 0.410 e. The molecule has 1 rings (SSSR count). The third-order valence-corrected chi connectivity index (χ3v) is 3.99. The fourth-order valence-electron chi connectivity index (χ4n) is 1.74. The molecule has 1 N–H and O–H groups in total. The Balaban J connectivity index is 2.39. The summed E-state index contributed by atoms with van der Waals surface area (Å²) in [5, 5.41) is 6.01. The van der Waals surface area contributed by atoms with Crippen LogP contribution in [0, 0.1) is 0 Å². The van der Waals surface area contributed by atoms with E-state index in [-0.39, 0.29) is 12.1 Å². The molecule has 0 fully saturated rings. The van der Waals surface area contributed by atoms with Crippen molar-refractivity contribution < 1.29 is 9.53 Å². The van der Waals surface area contributed by atoms with Gasteiger partial charge in [0.25, 0.3) is 0 Å². The quantitative estimate of drug-likeness (QED) is 0.796. The molecule has 0 spiro atoms. The van der Waals surface area contributed by atoms with Crippen molar-refractivity contribution in [2.75, 3.05) is 13.1 Å². The van der Waals surface area contributed by atoms with Gasteiger partial charge in [0.1, 0.15) is 5.60 Å². The van der Waals surface area contributed by atoms with Crippen LogP contribution in [0.3, 0.4) is 0 Å². The number of carbonyl (C=O) groups is 1. The molecular formula is C15H25ClN2O2S. The van der Waals surface area contributed by atoms with Crippen LogP contribution in [0.5, 0.6) is 0 Å². The molecule has 0 aliphatic heterocycles. The number of nitrogens with one attached hydrogen (secondary N) is 1. The summed E-state index contributed by atoms with van der Waals surface area (Å²) in [4.78, 5) is 15.1. The van der Waals surface area contributed by atoms with Crippen LogP contribution in [0.1, 0.15) is 39.5 Å². The average molecular weight is 333 g/mol. The van der Waals surface area contributed by atoms with Gasteiger partial charge in [-0.15, -0.1) is 11.3 Å². The number of nitrogens with zero attached hydrogens (tertiary/aromatic N) is 1. The lowest BCUT2D eigenvalue weighted by atomic mass is 10.2. The second-order valence-electron chi connectivity index (χ2n) is 6.18. The van der Waals surface area contributed by atoms with Crippen molar-refractivity contribution in [2.24, 2.45) is 0 Å². The summed E-state index contributed by atoms with van der Waals surface area (Å²) in [6.07, 6.45) is -0.265. The number of thiophene rings is 1. The fourth-order valence-corrected chi connectivity index (χ4v) is 2.78. The molecule has 0 atom stereocenters. The first-order valence-electron chi connectivity index (χ1n) is 7.12. The van der Waals surface area contributed by atoms with E-state index in [9.17, 15) is 4.79 Å². The zero-order valence-electron chi connectivity index (χ0n) is 13.4. The molecule has 0 radical (unpaired) electrons. The van der Waals surface area contributed by atoms with Crippen LogP contribution in [0.2, 0.25) is 5.02 Å². The molecule has 0 aliphatic carbocycles. The largest absolute Gasteiger partial charge is 0.444 e. The van der Waals surface area contributed by atoms with Gasteiger partial charge in [-0.3, -0.25) is 0 Å². The standard InChI is InChI=1S/C15H25ClN2O2S/c1-11(2)18(14(19)20-15(3,4)5)7-6-17-9-13-8-12(16)10-21-13/h8,10-11,17H,6-7,9H2,1-5H3. The summed E-state index contributed by atoms with van der Waals surface area (Å²) >= 11 is 7.51. The van der Waals surface area contributed by atoms with Crippen molar-refractivity contribution in [3.05, 3.63) is 21.3 Å². The van der Waals surface area contributed by atoms with E-state index in [1.54, 1.807) is 16.2 Å². The van der Waals surface area contributed by atoms with Crippen LogP contribution >= 0.6 is 22.9 Å². The molecule has 1 heterocycles. The Morgan fingerprint density at radius 2 is 2.14 bits per heavy atom. The van der Waals surface area contributed by atoms with Gasteiger partial charge < -0.3 is 15.0 Å². The third-order valence-electron chi connectivity index (χ3n) is 2.70. The van der Waals surface area contributed by atoms with Gasteiger partial charge in [-0.2, -0.15) is 0 Å². The minimum Gasteiger partial charge on any atom is -0.444 e. The van der Waals surface area contributed by atoms with Crippen molar-refractivity contribution in [1.82, 2.24) is 10.2 Å². The molecule has 4 nitrogen and oxygen atoms in total. The lowest BCUT2D eigenvalue weighted by molar-refractivity contribution is 0.0193. The molecule has 21 heavy (non-hydrogen) atoms. The first-order chi connectivity index (χ1) is 9.69. The van der Waals surface area contributed by atoms with E-state index in [0.29, 0.717) is 13.1 Å². The maximum atomic E-state index is 12.1. The van der Waals surface area contributed by atoms with Gasteiger partial charge in [0.05, 0.1) is 5.02 Å². The van der Waals surface area contributed by atoms with E-state index in [1.807, 2.05) is 46.1 Å². The number of hydrogen-bond acceptors (Lipinski definition) is 4.